The Labute approximate surface area is 95.0 Å². The first-order chi connectivity index (χ1) is 7.60. The molecule has 0 aliphatic rings. The number of ether oxygens (including phenoxy) is 1. The highest BCUT2D eigenvalue weighted by Crippen LogP contribution is 2.27. The van der Waals surface area contributed by atoms with Gasteiger partial charge in [-0.25, -0.2) is 4.98 Å². The molecule has 2 N–H and O–H groups in total. The van der Waals surface area contributed by atoms with Gasteiger partial charge < -0.3 is 14.9 Å². The third-order valence-electron chi connectivity index (χ3n) is 2.90. The summed E-state index contributed by atoms with van der Waals surface area (Å²) in [6.07, 6.45) is 1.97. The first-order valence-electron chi connectivity index (χ1n) is 5.32. The van der Waals surface area contributed by atoms with E-state index in [1.165, 1.54) is 0 Å². The minimum atomic E-state index is -0.416. The van der Waals surface area contributed by atoms with Crippen LogP contribution in [0.4, 0.5) is 0 Å². The summed E-state index contributed by atoms with van der Waals surface area (Å²) in [5.41, 5.74) is 8.19. The molecule has 0 bridgehead atoms. The Balaban J connectivity index is 2.70. The fourth-order valence-corrected chi connectivity index (χ4v) is 1.82. The van der Waals surface area contributed by atoms with Gasteiger partial charge in [0.05, 0.1) is 11.4 Å². The number of imidazole rings is 1. The zero-order chi connectivity index (χ0) is 11.8. The molecule has 4 heteroatoms. The van der Waals surface area contributed by atoms with Crippen molar-refractivity contribution in [3.8, 4) is 0 Å². The second-order valence-electron chi connectivity index (χ2n) is 4.25. The second-order valence-corrected chi connectivity index (χ2v) is 4.25. The third kappa shape index (κ3) is 1.60. The van der Waals surface area contributed by atoms with Crippen molar-refractivity contribution >= 4 is 5.65 Å². The Bertz CT molecular complexity index is 502. The minimum Gasteiger partial charge on any atom is -0.372 e. The summed E-state index contributed by atoms with van der Waals surface area (Å²) >= 11 is 0. The molecular weight excluding hydrogens is 202 g/mol. The summed E-state index contributed by atoms with van der Waals surface area (Å²) in [4.78, 5) is 4.58. The number of hydrogen-bond acceptors (Lipinski definition) is 3. The van der Waals surface area contributed by atoms with Crippen molar-refractivity contribution in [3.63, 3.8) is 0 Å². The summed E-state index contributed by atoms with van der Waals surface area (Å²) in [5, 5.41) is 0. The number of fused-ring (bicyclic) bond motifs is 1. The van der Waals surface area contributed by atoms with Crippen LogP contribution < -0.4 is 5.73 Å². The van der Waals surface area contributed by atoms with E-state index in [-0.39, 0.29) is 0 Å². The van der Waals surface area contributed by atoms with E-state index < -0.39 is 5.60 Å². The van der Waals surface area contributed by atoms with Crippen LogP contribution in [0.5, 0.6) is 0 Å². The van der Waals surface area contributed by atoms with Crippen LogP contribution in [0.3, 0.4) is 0 Å². The average molecular weight is 219 g/mol. The zero-order valence-electron chi connectivity index (χ0n) is 9.90. The van der Waals surface area contributed by atoms with Gasteiger partial charge in [0.25, 0.3) is 0 Å². The van der Waals surface area contributed by atoms with Gasteiger partial charge in [0.2, 0.25) is 0 Å². The summed E-state index contributed by atoms with van der Waals surface area (Å²) in [6.45, 7) is 4.44. The van der Waals surface area contributed by atoms with E-state index >= 15 is 0 Å². The van der Waals surface area contributed by atoms with Gasteiger partial charge in [-0.1, -0.05) is 6.07 Å². The molecule has 4 nitrogen and oxygen atoms in total. The monoisotopic (exact) mass is 219 g/mol. The maximum absolute atomic E-state index is 5.80. The van der Waals surface area contributed by atoms with Crippen LogP contribution in [-0.2, 0) is 16.9 Å². The predicted molar refractivity (Wildman–Crippen MR) is 63.1 cm³/mol. The molecule has 0 aromatic carbocycles. The molecule has 2 aromatic rings. The average Bonchev–Trinajstić information content (AvgIpc) is 2.68. The molecule has 0 amide bonds. The Morgan fingerprint density at radius 2 is 2.19 bits per heavy atom. The lowest BCUT2D eigenvalue weighted by atomic mass is 10.0. The molecule has 0 aliphatic carbocycles. The molecule has 0 atom stereocenters. The van der Waals surface area contributed by atoms with Crippen molar-refractivity contribution in [2.75, 3.05) is 7.11 Å². The van der Waals surface area contributed by atoms with Gasteiger partial charge in [-0.05, 0) is 26.0 Å². The van der Waals surface area contributed by atoms with Crippen LogP contribution >= 0.6 is 0 Å². The highest BCUT2D eigenvalue weighted by molar-refractivity contribution is 5.44. The lowest BCUT2D eigenvalue weighted by Gasteiger charge is -2.21. The molecule has 0 spiro atoms. The van der Waals surface area contributed by atoms with Crippen LogP contribution in [0.1, 0.15) is 25.2 Å². The first kappa shape index (κ1) is 11.1. The van der Waals surface area contributed by atoms with Crippen molar-refractivity contribution in [2.24, 2.45) is 5.73 Å². The van der Waals surface area contributed by atoms with Crippen LogP contribution in [-0.4, -0.2) is 16.5 Å². The molecule has 0 aliphatic heterocycles. The number of hydrogen-bond donors (Lipinski definition) is 1. The summed E-state index contributed by atoms with van der Waals surface area (Å²) in [6, 6.07) is 5.90. The molecule has 0 unspecified atom stereocenters. The zero-order valence-corrected chi connectivity index (χ0v) is 9.90. The lowest BCUT2D eigenvalue weighted by Crippen LogP contribution is -2.23. The SMILES string of the molecule is COC(C)(C)c1nc2ccccn2c1CN. The number of nitrogens with two attached hydrogens (primary N) is 1. The van der Waals surface area contributed by atoms with E-state index in [2.05, 4.69) is 4.98 Å². The van der Waals surface area contributed by atoms with Gasteiger partial charge in [-0.15, -0.1) is 0 Å². The Morgan fingerprint density at radius 1 is 1.44 bits per heavy atom. The maximum Gasteiger partial charge on any atom is 0.137 e. The number of nitrogens with zero attached hydrogens (tertiary/aromatic N) is 2. The highest BCUT2D eigenvalue weighted by Gasteiger charge is 2.27. The van der Waals surface area contributed by atoms with Crippen molar-refractivity contribution in [3.05, 3.63) is 35.8 Å². The molecule has 2 aromatic heterocycles. The fourth-order valence-electron chi connectivity index (χ4n) is 1.82. The Morgan fingerprint density at radius 3 is 2.81 bits per heavy atom. The van der Waals surface area contributed by atoms with E-state index in [4.69, 9.17) is 10.5 Å². The molecule has 16 heavy (non-hydrogen) atoms. The quantitative estimate of drug-likeness (QED) is 0.854. The van der Waals surface area contributed by atoms with E-state index in [1.54, 1.807) is 7.11 Å². The van der Waals surface area contributed by atoms with Crippen molar-refractivity contribution < 1.29 is 4.74 Å². The number of rotatable bonds is 3. The number of methoxy groups -OCH3 is 1. The van der Waals surface area contributed by atoms with Gasteiger partial charge in [-0.3, -0.25) is 0 Å². The van der Waals surface area contributed by atoms with E-state index in [0.29, 0.717) is 6.54 Å². The molecule has 0 saturated carbocycles. The van der Waals surface area contributed by atoms with Crippen molar-refractivity contribution in [1.82, 2.24) is 9.38 Å². The summed E-state index contributed by atoms with van der Waals surface area (Å²) in [7, 11) is 1.68. The molecule has 0 saturated heterocycles. The summed E-state index contributed by atoms with van der Waals surface area (Å²) < 4.78 is 7.47. The largest absolute Gasteiger partial charge is 0.372 e. The van der Waals surface area contributed by atoms with Gasteiger partial charge in [0.15, 0.2) is 0 Å². The van der Waals surface area contributed by atoms with Crippen molar-refractivity contribution in [2.45, 2.75) is 26.0 Å². The minimum absolute atomic E-state index is 0.416. The number of pyridine rings is 1. The van der Waals surface area contributed by atoms with Gasteiger partial charge in [-0.2, -0.15) is 0 Å². The molecule has 86 valence electrons. The normalized spacial score (nSPS) is 12.2. The molecule has 2 rings (SSSR count). The number of aromatic nitrogens is 2. The standard InChI is InChI=1S/C12H17N3O/c1-12(2,16-3)11-9(8-13)15-7-5-4-6-10(15)14-11/h4-7H,8,13H2,1-3H3. The van der Waals surface area contributed by atoms with E-state index in [9.17, 15) is 0 Å². The van der Waals surface area contributed by atoms with Crippen LogP contribution in [0.15, 0.2) is 24.4 Å². The van der Waals surface area contributed by atoms with Crippen LogP contribution in [0, 0.1) is 0 Å². The smallest absolute Gasteiger partial charge is 0.137 e. The van der Waals surface area contributed by atoms with E-state index in [1.807, 2.05) is 42.6 Å². The maximum atomic E-state index is 5.80. The van der Waals surface area contributed by atoms with Gasteiger partial charge >= 0.3 is 0 Å². The third-order valence-corrected chi connectivity index (χ3v) is 2.90. The van der Waals surface area contributed by atoms with Crippen molar-refractivity contribution in [1.29, 1.82) is 0 Å². The topological polar surface area (TPSA) is 52.5 Å². The fraction of sp³-hybridized carbons (Fsp3) is 0.417. The Hall–Kier alpha value is -1.39. The van der Waals surface area contributed by atoms with E-state index in [0.717, 1.165) is 17.0 Å². The molecular formula is C12H17N3O. The second kappa shape index (κ2) is 3.88. The molecule has 2 heterocycles. The van der Waals surface area contributed by atoms with Gasteiger partial charge in [0.1, 0.15) is 11.2 Å². The van der Waals surface area contributed by atoms with Crippen LogP contribution in [0.25, 0.3) is 5.65 Å². The first-order valence-corrected chi connectivity index (χ1v) is 5.32. The Kier molecular flexibility index (Phi) is 2.69. The summed E-state index contributed by atoms with van der Waals surface area (Å²) in [5.74, 6) is 0. The van der Waals surface area contributed by atoms with Gasteiger partial charge in [0, 0.05) is 19.9 Å². The lowest BCUT2D eigenvalue weighted by molar-refractivity contribution is 0.0151. The molecule has 0 radical (unpaired) electrons. The van der Waals surface area contributed by atoms with Crippen LogP contribution in [0.2, 0.25) is 0 Å². The molecule has 0 fully saturated rings. The highest BCUT2D eigenvalue weighted by atomic mass is 16.5. The predicted octanol–water partition coefficient (Wildman–Crippen LogP) is 1.67.